The topological polar surface area (TPSA) is 92.5 Å². The number of phenolic OH excluding ortho intramolecular Hbond substituents is 2. The average Bonchev–Trinajstić information content (AvgIpc) is 2.47. The fourth-order valence-electron chi connectivity index (χ4n) is 2.67. The molecule has 2 aromatic rings. The lowest BCUT2D eigenvalue weighted by Gasteiger charge is -2.13. The predicted octanol–water partition coefficient (Wildman–Crippen LogP) is 3.37. The molecule has 22 heavy (non-hydrogen) atoms. The van der Waals surface area contributed by atoms with Gasteiger partial charge in [-0.2, -0.15) is 0 Å². The summed E-state index contributed by atoms with van der Waals surface area (Å²) < 4.78 is 0. The molecule has 0 aromatic heterocycles. The third-order valence-corrected chi connectivity index (χ3v) is 3.96. The number of anilines is 2. The van der Waals surface area contributed by atoms with Gasteiger partial charge in [0.15, 0.2) is 0 Å². The minimum atomic E-state index is 0.196. The number of aryl methyl sites for hydroxylation is 2. The fraction of sp³-hybridized carbons (Fsp3) is 0.333. The number of phenols is 2. The second-order valence-corrected chi connectivity index (χ2v) is 5.64. The Morgan fingerprint density at radius 2 is 1.27 bits per heavy atom. The number of nitrogen functional groups attached to an aromatic ring is 2. The van der Waals surface area contributed by atoms with E-state index >= 15 is 0 Å². The van der Waals surface area contributed by atoms with Crippen molar-refractivity contribution >= 4 is 11.4 Å². The maximum Gasteiger partial charge on any atom is 0.119 e. The summed E-state index contributed by atoms with van der Waals surface area (Å²) in [6.07, 6.45) is 2.97. The van der Waals surface area contributed by atoms with Crippen molar-refractivity contribution in [2.24, 2.45) is 0 Å². The van der Waals surface area contributed by atoms with Gasteiger partial charge in [0, 0.05) is 28.9 Å². The Bertz CT molecular complexity index is 681. The number of aromatic hydroxyl groups is 2. The molecular formula is C18H24N2O2. The fourth-order valence-corrected chi connectivity index (χ4v) is 2.67. The standard InChI is InChI=1S/C18H24N2O2/c1-3-5-12-10-18(22)14(8-16(12)20)6-13-7-15(19)11(4-2)9-17(13)21/h7-10,21-22H,3-6,19-20H2,1-2H3. The average molecular weight is 300 g/mol. The number of hydrogen-bond acceptors (Lipinski definition) is 4. The smallest absolute Gasteiger partial charge is 0.119 e. The molecule has 0 aliphatic heterocycles. The van der Waals surface area contributed by atoms with Gasteiger partial charge >= 0.3 is 0 Å². The van der Waals surface area contributed by atoms with E-state index in [2.05, 4.69) is 6.92 Å². The summed E-state index contributed by atoms with van der Waals surface area (Å²) in [5.41, 5.74) is 16.6. The van der Waals surface area contributed by atoms with E-state index < -0.39 is 0 Å². The van der Waals surface area contributed by atoms with Gasteiger partial charge in [0.05, 0.1) is 0 Å². The van der Waals surface area contributed by atoms with E-state index in [0.29, 0.717) is 28.9 Å². The summed E-state index contributed by atoms with van der Waals surface area (Å²) >= 11 is 0. The molecule has 0 aliphatic rings. The highest BCUT2D eigenvalue weighted by Gasteiger charge is 2.12. The van der Waals surface area contributed by atoms with Gasteiger partial charge in [0.25, 0.3) is 0 Å². The van der Waals surface area contributed by atoms with Crippen molar-refractivity contribution in [3.05, 3.63) is 46.5 Å². The van der Waals surface area contributed by atoms with Crippen LogP contribution in [0.2, 0.25) is 0 Å². The van der Waals surface area contributed by atoms with Gasteiger partial charge in [-0.15, -0.1) is 0 Å². The van der Waals surface area contributed by atoms with Crippen molar-refractivity contribution in [2.45, 2.75) is 39.5 Å². The first-order valence-corrected chi connectivity index (χ1v) is 7.66. The van der Waals surface area contributed by atoms with Crippen molar-refractivity contribution in [3.63, 3.8) is 0 Å². The highest BCUT2D eigenvalue weighted by Crippen LogP contribution is 2.32. The highest BCUT2D eigenvalue weighted by atomic mass is 16.3. The summed E-state index contributed by atoms with van der Waals surface area (Å²) in [6, 6.07) is 6.96. The summed E-state index contributed by atoms with van der Waals surface area (Å²) in [5, 5.41) is 20.3. The largest absolute Gasteiger partial charge is 0.508 e. The molecule has 4 nitrogen and oxygen atoms in total. The lowest BCUT2D eigenvalue weighted by molar-refractivity contribution is 0.462. The van der Waals surface area contributed by atoms with Crippen molar-refractivity contribution < 1.29 is 10.2 Å². The first-order valence-electron chi connectivity index (χ1n) is 7.66. The Balaban J connectivity index is 2.35. The molecule has 0 aliphatic carbocycles. The van der Waals surface area contributed by atoms with Gasteiger partial charge < -0.3 is 21.7 Å². The van der Waals surface area contributed by atoms with Gasteiger partial charge in [-0.25, -0.2) is 0 Å². The lowest BCUT2D eigenvalue weighted by Crippen LogP contribution is -2.00. The van der Waals surface area contributed by atoms with Gasteiger partial charge in [-0.3, -0.25) is 0 Å². The molecule has 4 heteroatoms. The quantitative estimate of drug-likeness (QED) is 0.503. The van der Waals surface area contributed by atoms with Crippen LogP contribution < -0.4 is 11.5 Å². The third-order valence-electron chi connectivity index (χ3n) is 3.96. The van der Waals surface area contributed by atoms with Crippen LogP contribution in [0.1, 0.15) is 42.5 Å². The first kappa shape index (κ1) is 16.0. The van der Waals surface area contributed by atoms with Crippen LogP contribution in [0.3, 0.4) is 0 Å². The molecule has 0 fully saturated rings. The van der Waals surface area contributed by atoms with E-state index in [9.17, 15) is 10.2 Å². The van der Waals surface area contributed by atoms with Crippen LogP contribution in [0, 0.1) is 0 Å². The second kappa shape index (κ2) is 6.60. The van der Waals surface area contributed by atoms with Crippen LogP contribution >= 0.6 is 0 Å². The van der Waals surface area contributed by atoms with E-state index in [4.69, 9.17) is 11.5 Å². The maximum atomic E-state index is 10.2. The van der Waals surface area contributed by atoms with E-state index in [0.717, 1.165) is 30.4 Å². The van der Waals surface area contributed by atoms with Crippen LogP contribution in [0.4, 0.5) is 11.4 Å². The zero-order chi connectivity index (χ0) is 16.3. The summed E-state index contributed by atoms with van der Waals surface area (Å²) in [4.78, 5) is 0. The summed E-state index contributed by atoms with van der Waals surface area (Å²) in [7, 11) is 0. The number of benzene rings is 2. The Morgan fingerprint density at radius 3 is 1.77 bits per heavy atom. The van der Waals surface area contributed by atoms with E-state index in [-0.39, 0.29) is 11.5 Å². The zero-order valence-corrected chi connectivity index (χ0v) is 13.2. The summed E-state index contributed by atoms with van der Waals surface area (Å²) in [6.45, 7) is 4.06. The van der Waals surface area contributed by atoms with Gasteiger partial charge in [-0.05, 0) is 48.2 Å². The SMILES string of the molecule is CCCc1cc(O)c(Cc2cc(N)c(CC)cc2O)cc1N. The number of hydrogen-bond donors (Lipinski definition) is 4. The maximum absolute atomic E-state index is 10.2. The molecule has 0 unspecified atom stereocenters. The molecule has 6 N–H and O–H groups in total. The Kier molecular flexibility index (Phi) is 4.81. The molecule has 0 saturated carbocycles. The molecule has 0 saturated heterocycles. The van der Waals surface area contributed by atoms with Gasteiger partial charge in [0.1, 0.15) is 11.5 Å². The van der Waals surface area contributed by atoms with Crippen LogP contribution in [0.5, 0.6) is 11.5 Å². The molecule has 0 spiro atoms. The molecule has 0 heterocycles. The van der Waals surface area contributed by atoms with Gasteiger partial charge in [0.2, 0.25) is 0 Å². The normalized spacial score (nSPS) is 10.8. The molecule has 0 atom stereocenters. The van der Waals surface area contributed by atoms with Crippen LogP contribution in [-0.4, -0.2) is 10.2 Å². The Morgan fingerprint density at radius 1 is 0.773 bits per heavy atom. The molecule has 2 rings (SSSR count). The monoisotopic (exact) mass is 300 g/mol. The molecule has 0 radical (unpaired) electrons. The molecule has 118 valence electrons. The number of rotatable bonds is 5. The Hall–Kier alpha value is -2.36. The summed E-state index contributed by atoms with van der Waals surface area (Å²) in [5.74, 6) is 0.400. The molecular weight excluding hydrogens is 276 g/mol. The molecule has 0 bridgehead atoms. The minimum Gasteiger partial charge on any atom is -0.508 e. The lowest BCUT2D eigenvalue weighted by atomic mass is 9.97. The zero-order valence-electron chi connectivity index (χ0n) is 13.2. The first-order chi connectivity index (χ1) is 10.5. The van der Waals surface area contributed by atoms with E-state index in [1.165, 1.54) is 0 Å². The van der Waals surface area contributed by atoms with Crippen molar-refractivity contribution in [2.75, 3.05) is 11.5 Å². The second-order valence-electron chi connectivity index (χ2n) is 5.64. The highest BCUT2D eigenvalue weighted by molar-refractivity contribution is 5.59. The van der Waals surface area contributed by atoms with Crippen LogP contribution in [0.25, 0.3) is 0 Å². The Labute approximate surface area is 131 Å². The van der Waals surface area contributed by atoms with E-state index in [1.54, 1.807) is 24.3 Å². The van der Waals surface area contributed by atoms with Crippen molar-refractivity contribution in [1.29, 1.82) is 0 Å². The van der Waals surface area contributed by atoms with Gasteiger partial charge in [-0.1, -0.05) is 20.3 Å². The van der Waals surface area contributed by atoms with Crippen LogP contribution in [0.15, 0.2) is 24.3 Å². The third kappa shape index (κ3) is 3.27. The van der Waals surface area contributed by atoms with Crippen LogP contribution in [-0.2, 0) is 19.3 Å². The van der Waals surface area contributed by atoms with Crippen molar-refractivity contribution in [3.8, 4) is 11.5 Å². The van der Waals surface area contributed by atoms with E-state index in [1.807, 2.05) is 6.92 Å². The molecule has 0 amide bonds. The molecule has 2 aromatic carbocycles. The van der Waals surface area contributed by atoms with Crippen molar-refractivity contribution in [1.82, 2.24) is 0 Å². The number of nitrogens with two attached hydrogens (primary N) is 2. The predicted molar refractivity (Wildman–Crippen MR) is 91.2 cm³/mol. The minimum absolute atomic E-state index is 0.196.